The lowest BCUT2D eigenvalue weighted by Gasteiger charge is -2.29. The molecule has 0 aliphatic heterocycles. The Balaban J connectivity index is 1.30. The number of amides is 2. The maximum Gasteiger partial charge on any atom is 0.407 e. The van der Waals surface area contributed by atoms with E-state index in [-0.39, 0.29) is 35.0 Å². The highest BCUT2D eigenvalue weighted by molar-refractivity contribution is 7.89. The summed E-state index contributed by atoms with van der Waals surface area (Å²) in [6.07, 6.45) is 2.12. The van der Waals surface area contributed by atoms with Crippen molar-refractivity contribution in [1.82, 2.24) is 15.0 Å². The van der Waals surface area contributed by atoms with Crippen LogP contribution in [0, 0.1) is 5.92 Å². The molecule has 2 amide bonds. The minimum absolute atomic E-state index is 0.00598. The van der Waals surface area contributed by atoms with Crippen LogP contribution < -0.4 is 21.1 Å². The van der Waals surface area contributed by atoms with E-state index in [0.29, 0.717) is 41.9 Å². The fourth-order valence-electron chi connectivity index (χ4n) is 5.69. The van der Waals surface area contributed by atoms with Crippen molar-refractivity contribution >= 4 is 61.1 Å². The lowest BCUT2D eigenvalue weighted by molar-refractivity contribution is -0.141. The fourth-order valence-corrected chi connectivity index (χ4v) is 8.03. The number of hydrogen-bond acceptors (Lipinski definition) is 10. The number of anilines is 1. The molecule has 1 aliphatic carbocycles. The molecule has 4 aromatic rings. The Morgan fingerprint density at radius 2 is 1.73 bits per heavy atom. The fraction of sp³-hybridized carbons (Fsp3) is 0.361. The molecule has 15 heteroatoms. The number of carbonyl (C=O) groups excluding carboxylic acids is 3. The van der Waals surface area contributed by atoms with Gasteiger partial charge < -0.3 is 25.9 Å². The summed E-state index contributed by atoms with van der Waals surface area (Å²) >= 11 is 1.38. The van der Waals surface area contributed by atoms with Crippen LogP contribution in [0.3, 0.4) is 0 Å². The molecule has 3 aromatic carbocycles. The zero-order valence-electron chi connectivity index (χ0n) is 28.8. The van der Waals surface area contributed by atoms with Crippen LogP contribution in [0.4, 0.5) is 10.5 Å². The molecule has 5 N–H and O–H groups in total. The van der Waals surface area contributed by atoms with Crippen LogP contribution in [-0.4, -0.2) is 48.9 Å². The van der Waals surface area contributed by atoms with E-state index >= 15 is 0 Å². The standard InChI is InChI=1S/C36H42N6O7S2/c1-22(43)49-41-32(37)25-10-7-9-23(19-25)20-30(34-40-29-13-5-6-14-31(29)50-34)42-51(46,47)28-12-8-11-27(21-28)38-33(44)24-15-17-26(18-16-24)39-35(45)48-36(2,3)4/h5-14,19,21,24,26,30,42H,15-18,20H2,1-4H3,(H2,37,41)(H,38,44)(H,39,45). The molecule has 13 nitrogen and oxygen atoms in total. The molecule has 1 unspecified atom stereocenters. The average Bonchev–Trinajstić information content (AvgIpc) is 3.51. The smallest absolute Gasteiger partial charge is 0.407 e. The molecule has 5 rings (SSSR count). The molecule has 0 saturated heterocycles. The molecular weight excluding hydrogens is 693 g/mol. The van der Waals surface area contributed by atoms with Gasteiger partial charge in [0.2, 0.25) is 15.9 Å². The minimum Gasteiger partial charge on any atom is -0.444 e. The van der Waals surface area contributed by atoms with E-state index < -0.39 is 33.7 Å². The third-order valence-electron chi connectivity index (χ3n) is 8.07. The van der Waals surface area contributed by atoms with Gasteiger partial charge in [-0.3, -0.25) is 4.79 Å². The molecule has 1 fully saturated rings. The zero-order chi connectivity index (χ0) is 36.8. The van der Waals surface area contributed by atoms with Gasteiger partial charge in [0.1, 0.15) is 10.6 Å². The van der Waals surface area contributed by atoms with Crippen LogP contribution in [0.5, 0.6) is 0 Å². The molecule has 1 saturated carbocycles. The van der Waals surface area contributed by atoms with E-state index in [1.54, 1.807) is 51.1 Å². The van der Waals surface area contributed by atoms with Crippen LogP contribution in [-0.2, 0) is 35.6 Å². The van der Waals surface area contributed by atoms with Crippen LogP contribution in [0.2, 0.25) is 0 Å². The molecule has 1 aliphatic rings. The number of benzene rings is 3. The second-order valence-electron chi connectivity index (χ2n) is 13.4. The first-order valence-corrected chi connectivity index (χ1v) is 18.8. The molecule has 51 heavy (non-hydrogen) atoms. The van der Waals surface area contributed by atoms with Crippen LogP contribution in [0.1, 0.15) is 75.6 Å². The van der Waals surface area contributed by atoms with Gasteiger partial charge in [-0.2, -0.15) is 0 Å². The predicted octanol–water partition coefficient (Wildman–Crippen LogP) is 5.76. The summed E-state index contributed by atoms with van der Waals surface area (Å²) in [5.41, 5.74) is 7.75. The third kappa shape index (κ3) is 10.6. The molecule has 0 radical (unpaired) electrons. The second-order valence-corrected chi connectivity index (χ2v) is 16.1. The maximum absolute atomic E-state index is 13.9. The normalized spacial score (nSPS) is 17.4. The topological polar surface area (TPSA) is 191 Å². The molecular formula is C36H42N6O7S2. The molecule has 0 bridgehead atoms. The van der Waals surface area contributed by atoms with Gasteiger partial charge in [0.05, 0.1) is 21.2 Å². The second kappa shape index (κ2) is 16.0. The quantitative estimate of drug-likeness (QED) is 0.0642. The SMILES string of the molecule is CC(=O)O/N=C(/N)c1cccc(CC(NS(=O)(=O)c2cccc(NC(=O)C3CCC(NC(=O)OC(C)(C)C)CC3)c2)c2nc3ccccc3s2)c1. The number of thiazole rings is 1. The highest BCUT2D eigenvalue weighted by Gasteiger charge is 2.29. The number of amidine groups is 1. The number of ether oxygens (including phenoxy) is 1. The van der Waals surface area contributed by atoms with Gasteiger partial charge in [0.15, 0.2) is 5.84 Å². The maximum atomic E-state index is 13.9. The minimum atomic E-state index is -4.12. The zero-order valence-corrected chi connectivity index (χ0v) is 30.5. The van der Waals surface area contributed by atoms with Gasteiger partial charge in [-0.1, -0.05) is 41.6 Å². The van der Waals surface area contributed by atoms with E-state index in [4.69, 9.17) is 15.5 Å². The number of rotatable bonds is 11. The number of oxime groups is 1. The number of hydrogen-bond donors (Lipinski definition) is 4. The largest absolute Gasteiger partial charge is 0.444 e. The molecule has 0 spiro atoms. The summed E-state index contributed by atoms with van der Waals surface area (Å²) in [5, 5.41) is 9.98. The molecule has 1 heterocycles. The monoisotopic (exact) mass is 734 g/mol. The van der Waals surface area contributed by atoms with Crippen molar-refractivity contribution in [2.75, 3.05) is 5.32 Å². The van der Waals surface area contributed by atoms with Gasteiger partial charge in [0, 0.05) is 30.1 Å². The Morgan fingerprint density at radius 3 is 2.43 bits per heavy atom. The van der Waals surface area contributed by atoms with E-state index in [1.807, 2.05) is 30.3 Å². The van der Waals surface area contributed by atoms with Gasteiger partial charge in [-0.15, -0.1) is 11.3 Å². The van der Waals surface area contributed by atoms with Crippen molar-refractivity contribution in [2.24, 2.45) is 16.8 Å². The van der Waals surface area contributed by atoms with Gasteiger partial charge in [-0.05, 0) is 94.8 Å². The van der Waals surface area contributed by atoms with Crippen LogP contribution >= 0.6 is 11.3 Å². The van der Waals surface area contributed by atoms with Crippen molar-refractivity contribution < 1.29 is 32.4 Å². The number of alkyl carbamates (subject to hydrolysis) is 1. The number of nitrogens with two attached hydrogens (primary N) is 1. The summed E-state index contributed by atoms with van der Waals surface area (Å²) in [4.78, 5) is 46.0. The first-order chi connectivity index (χ1) is 24.1. The number of sulfonamides is 1. The van der Waals surface area contributed by atoms with Crippen molar-refractivity contribution in [3.05, 3.63) is 88.9 Å². The number of fused-ring (bicyclic) bond motifs is 1. The molecule has 1 atom stereocenters. The highest BCUT2D eigenvalue weighted by atomic mass is 32.2. The third-order valence-corrected chi connectivity index (χ3v) is 10.7. The van der Waals surface area contributed by atoms with Crippen molar-refractivity contribution in [2.45, 2.75) is 82.4 Å². The predicted molar refractivity (Wildman–Crippen MR) is 196 cm³/mol. The number of nitrogens with one attached hydrogen (secondary N) is 3. The van der Waals surface area contributed by atoms with Gasteiger partial charge in [-0.25, -0.2) is 27.7 Å². The van der Waals surface area contributed by atoms with Crippen molar-refractivity contribution in [3.8, 4) is 0 Å². The first-order valence-electron chi connectivity index (χ1n) is 16.5. The first kappa shape index (κ1) is 37.4. The summed E-state index contributed by atoms with van der Waals surface area (Å²) in [6.45, 7) is 6.62. The van der Waals surface area contributed by atoms with Crippen LogP contribution in [0.15, 0.2) is 82.8 Å². The van der Waals surface area contributed by atoms with Crippen LogP contribution in [0.25, 0.3) is 10.2 Å². The van der Waals surface area contributed by atoms with E-state index in [2.05, 4.69) is 25.3 Å². The number of carbonyl (C=O) groups is 3. The lowest BCUT2D eigenvalue weighted by atomic mass is 9.85. The highest BCUT2D eigenvalue weighted by Crippen LogP contribution is 2.31. The van der Waals surface area contributed by atoms with Gasteiger partial charge >= 0.3 is 12.1 Å². The van der Waals surface area contributed by atoms with Crippen molar-refractivity contribution in [1.29, 1.82) is 0 Å². The number of para-hydroxylation sites is 1. The lowest BCUT2D eigenvalue weighted by Crippen LogP contribution is -2.42. The number of aromatic nitrogens is 1. The summed E-state index contributed by atoms with van der Waals surface area (Å²) in [6, 6.07) is 19.8. The van der Waals surface area contributed by atoms with Gasteiger partial charge in [0.25, 0.3) is 0 Å². The Kier molecular flexibility index (Phi) is 11.7. The summed E-state index contributed by atoms with van der Waals surface area (Å²) in [7, 11) is -4.12. The van der Waals surface area contributed by atoms with E-state index in [0.717, 1.165) is 15.8 Å². The Labute approximate surface area is 301 Å². The average molecular weight is 735 g/mol. The Morgan fingerprint density at radius 1 is 1.00 bits per heavy atom. The summed E-state index contributed by atoms with van der Waals surface area (Å²) in [5.74, 6) is -1.11. The Bertz CT molecular complexity index is 2000. The number of nitrogens with zero attached hydrogens (tertiary/aromatic N) is 2. The van der Waals surface area contributed by atoms with Crippen molar-refractivity contribution in [3.63, 3.8) is 0 Å². The summed E-state index contributed by atoms with van der Waals surface area (Å²) < 4.78 is 36.9. The molecule has 1 aromatic heterocycles. The van der Waals surface area contributed by atoms with E-state index in [9.17, 15) is 22.8 Å². The Hall–Kier alpha value is -4.86. The molecule has 270 valence electrons. The van der Waals surface area contributed by atoms with E-state index in [1.165, 1.54) is 30.4 Å².